The van der Waals surface area contributed by atoms with Crippen LogP contribution < -0.4 is 10.6 Å². The first-order valence-corrected chi connectivity index (χ1v) is 4.88. The molecule has 4 heteroatoms. The van der Waals surface area contributed by atoms with Crippen LogP contribution in [0.25, 0.3) is 0 Å². The van der Waals surface area contributed by atoms with E-state index < -0.39 is 0 Å². The first-order valence-electron chi connectivity index (χ1n) is 4.88. The molecule has 2 rings (SSSR count). The number of benzene rings is 1. The van der Waals surface area contributed by atoms with Gasteiger partial charge in [-0.05, 0) is 30.3 Å². The van der Waals surface area contributed by atoms with E-state index in [4.69, 9.17) is 5.73 Å². The number of hydrogen-bond acceptors (Lipinski definition) is 3. The highest BCUT2D eigenvalue weighted by Crippen LogP contribution is 2.26. The van der Waals surface area contributed by atoms with Crippen molar-refractivity contribution in [2.24, 2.45) is 0 Å². The van der Waals surface area contributed by atoms with Gasteiger partial charge in [-0.15, -0.1) is 0 Å². The Morgan fingerprint density at radius 3 is 2.75 bits per heavy atom. The van der Waals surface area contributed by atoms with Crippen LogP contribution in [0.15, 0.2) is 42.6 Å². The van der Waals surface area contributed by atoms with Crippen LogP contribution in [0.2, 0.25) is 0 Å². The molecule has 1 aromatic carbocycles. The fourth-order valence-electron chi connectivity index (χ4n) is 1.50. The third kappa shape index (κ3) is 1.95. The third-order valence-electron chi connectivity index (χ3n) is 2.33. The highest BCUT2D eigenvalue weighted by molar-refractivity contribution is 5.70. The van der Waals surface area contributed by atoms with Gasteiger partial charge in [0.25, 0.3) is 0 Å². The number of nitrogens with zero attached hydrogens (tertiary/aromatic N) is 2. The van der Waals surface area contributed by atoms with Gasteiger partial charge in [-0.3, -0.25) is 0 Å². The average Bonchev–Trinajstić information content (AvgIpc) is 2.29. The second-order valence-electron chi connectivity index (χ2n) is 3.46. The second-order valence-corrected chi connectivity index (χ2v) is 3.46. The maximum absolute atomic E-state index is 13.1. The lowest BCUT2D eigenvalue weighted by Gasteiger charge is -2.19. The Bertz CT molecular complexity index is 499. The Kier molecular flexibility index (Phi) is 2.72. The summed E-state index contributed by atoms with van der Waals surface area (Å²) in [5, 5.41) is 0. The van der Waals surface area contributed by atoms with Gasteiger partial charge >= 0.3 is 0 Å². The lowest BCUT2D eigenvalue weighted by Crippen LogP contribution is -2.13. The van der Waals surface area contributed by atoms with Crippen LogP contribution >= 0.6 is 0 Å². The average molecular weight is 217 g/mol. The van der Waals surface area contributed by atoms with Crippen LogP contribution in [0.3, 0.4) is 0 Å². The second kappa shape index (κ2) is 4.18. The molecule has 0 aliphatic heterocycles. The van der Waals surface area contributed by atoms with E-state index in [-0.39, 0.29) is 5.82 Å². The molecule has 2 N–H and O–H groups in total. The first kappa shape index (κ1) is 10.4. The Morgan fingerprint density at radius 2 is 2.06 bits per heavy atom. The van der Waals surface area contributed by atoms with Crippen LogP contribution in [0, 0.1) is 5.82 Å². The summed E-state index contributed by atoms with van der Waals surface area (Å²) in [6.45, 7) is 0. The van der Waals surface area contributed by atoms with Crippen molar-refractivity contribution in [3.8, 4) is 0 Å². The van der Waals surface area contributed by atoms with E-state index >= 15 is 0 Å². The smallest absolute Gasteiger partial charge is 0.155 e. The van der Waals surface area contributed by atoms with Crippen molar-refractivity contribution in [1.82, 2.24) is 4.98 Å². The molecule has 3 nitrogen and oxygen atoms in total. The Labute approximate surface area is 93.3 Å². The molecule has 0 radical (unpaired) electrons. The topological polar surface area (TPSA) is 42.2 Å². The van der Waals surface area contributed by atoms with Crippen LogP contribution in [-0.2, 0) is 0 Å². The van der Waals surface area contributed by atoms with E-state index in [1.54, 1.807) is 42.4 Å². The molecule has 0 unspecified atom stereocenters. The normalized spacial score (nSPS) is 10.1. The Morgan fingerprint density at radius 1 is 1.25 bits per heavy atom. The van der Waals surface area contributed by atoms with E-state index in [0.717, 1.165) is 0 Å². The number of pyridine rings is 1. The fourth-order valence-corrected chi connectivity index (χ4v) is 1.50. The summed E-state index contributed by atoms with van der Waals surface area (Å²) in [7, 11) is 1.80. The van der Waals surface area contributed by atoms with E-state index in [9.17, 15) is 4.39 Å². The van der Waals surface area contributed by atoms with E-state index in [2.05, 4.69) is 4.98 Å². The molecule has 0 aliphatic carbocycles. The summed E-state index contributed by atoms with van der Waals surface area (Å²) in [5.41, 5.74) is 7.08. The molecule has 0 aliphatic rings. The molecule has 0 spiro atoms. The summed E-state index contributed by atoms with van der Waals surface area (Å²) in [4.78, 5) is 5.91. The van der Waals surface area contributed by atoms with Gasteiger partial charge in [0.1, 0.15) is 5.82 Å². The summed E-state index contributed by atoms with van der Waals surface area (Å²) in [5.74, 6) is 0.340. The minimum absolute atomic E-state index is 0.279. The lowest BCUT2D eigenvalue weighted by atomic mass is 10.2. The summed E-state index contributed by atoms with van der Waals surface area (Å²) in [6.07, 6.45) is 1.65. The predicted octanol–water partition coefficient (Wildman–Crippen LogP) is 2.57. The molecule has 82 valence electrons. The fraction of sp³-hybridized carbons (Fsp3) is 0.0833. The summed E-state index contributed by atoms with van der Waals surface area (Å²) >= 11 is 0. The molecule has 0 bridgehead atoms. The number of hydrogen-bond donors (Lipinski definition) is 1. The van der Waals surface area contributed by atoms with Gasteiger partial charge < -0.3 is 10.6 Å². The van der Waals surface area contributed by atoms with E-state index in [1.165, 1.54) is 12.1 Å². The number of anilines is 3. The molecule has 1 heterocycles. The van der Waals surface area contributed by atoms with Crippen molar-refractivity contribution in [3.05, 3.63) is 48.4 Å². The zero-order chi connectivity index (χ0) is 11.5. The largest absolute Gasteiger partial charge is 0.396 e. The maximum atomic E-state index is 13.1. The lowest BCUT2D eigenvalue weighted by molar-refractivity contribution is 0.628. The summed E-state index contributed by atoms with van der Waals surface area (Å²) in [6, 6.07) is 9.82. The monoisotopic (exact) mass is 217 g/mol. The van der Waals surface area contributed by atoms with Gasteiger partial charge in [0.15, 0.2) is 5.82 Å². The zero-order valence-corrected chi connectivity index (χ0v) is 8.89. The molecule has 16 heavy (non-hydrogen) atoms. The van der Waals surface area contributed by atoms with Crippen molar-refractivity contribution < 1.29 is 4.39 Å². The molecular formula is C12H12FN3. The van der Waals surface area contributed by atoms with Crippen molar-refractivity contribution in [2.45, 2.75) is 0 Å². The van der Waals surface area contributed by atoms with Crippen molar-refractivity contribution >= 4 is 17.2 Å². The quantitative estimate of drug-likeness (QED) is 0.840. The number of aromatic nitrogens is 1. The highest BCUT2D eigenvalue weighted by Gasteiger charge is 2.08. The number of nitrogen functional groups attached to an aromatic ring is 1. The molecule has 0 fully saturated rings. The molecule has 0 saturated carbocycles. The minimum atomic E-state index is -0.279. The van der Waals surface area contributed by atoms with Gasteiger partial charge in [0.05, 0.1) is 5.69 Å². The Balaban J connectivity index is 2.39. The van der Waals surface area contributed by atoms with Crippen molar-refractivity contribution in [3.63, 3.8) is 0 Å². The highest BCUT2D eigenvalue weighted by atomic mass is 19.1. The minimum Gasteiger partial charge on any atom is -0.396 e. The number of nitrogens with two attached hydrogens (primary N) is 1. The van der Waals surface area contributed by atoms with Gasteiger partial charge in [0.2, 0.25) is 0 Å². The maximum Gasteiger partial charge on any atom is 0.155 e. The van der Waals surface area contributed by atoms with Crippen LogP contribution in [-0.4, -0.2) is 12.0 Å². The van der Waals surface area contributed by atoms with E-state index in [1.807, 2.05) is 0 Å². The van der Waals surface area contributed by atoms with E-state index in [0.29, 0.717) is 17.2 Å². The van der Waals surface area contributed by atoms with Gasteiger partial charge in [-0.2, -0.15) is 0 Å². The molecule has 0 saturated heterocycles. The summed E-state index contributed by atoms with van der Waals surface area (Å²) < 4.78 is 13.1. The SMILES string of the molecule is CN(c1cccc(F)c1)c1ncccc1N. The van der Waals surface area contributed by atoms with Crippen molar-refractivity contribution in [2.75, 3.05) is 17.7 Å². The molecule has 0 atom stereocenters. The predicted molar refractivity (Wildman–Crippen MR) is 63.1 cm³/mol. The molecule has 2 aromatic rings. The number of rotatable bonds is 2. The van der Waals surface area contributed by atoms with Gasteiger partial charge in [-0.1, -0.05) is 6.07 Å². The van der Waals surface area contributed by atoms with Gasteiger partial charge in [0, 0.05) is 18.9 Å². The first-order chi connectivity index (χ1) is 7.68. The Hall–Kier alpha value is -2.10. The molecule has 0 amide bonds. The van der Waals surface area contributed by atoms with Crippen molar-refractivity contribution in [1.29, 1.82) is 0 Å². The third-order valence-corrected chi connectivity index (χ3v) is 2.33. The van der Waals surface area contributed by atoms with Crippen LogP contribution in [0.4, 0.5) is 21.6 Å². The van der Waals surface area contributed by atoms with Gasteiger partial charge in [-0.25, -0.2) is 9.37 Å². The van der Waals surface area contributed by atoms with Crippen LogP contribution in [0.5, 0.6) is 0 Å². The number of halogens is 1. The zero-order valence-electron chi connectivity index (χ0n) is 8.89. The standard InChI is InChI=1S/C12H12FN3/c1-16(10-5-2-4-9(13)8-10)12-11(14)6-3-7-15-12/h2-8H,14H2,1H3. The molecular weight excluding hydrogens is 205 g/mol. The van der Waals surface area contributed by atoms with Crippen LogP contribution in [0.1, 0.15) is 0 Å². The molecule has 1 aromatic heterocycles.